The molecule has 7 heteroatoms. The zero-order chi connectivity index (χ0) is 17.0. The molecule has 1 atom stereocenters. The summed E-state index contributed by atoms with van der Waals surface area (Å²) in [6, 6.07) is 5.25. The van der Waals surface area contributed by atoms with Crippen molar-refractivity contribution in [3.8, 4) is 5.75 Å². The Balaban J connectivity index is 2.13. The Hall–Kier alpha value is -2.02. The van der Waals surface area contributed by atoms with E-state index in [0.717, 1.165) is 5.69 Å². The quantitative estimate of drug-likeness (QED) is 0.893. The third-order valence-electron chi connectivity index (χ3n) is 3.53. The van der Waals surface area contributed by atoms with Crippen molar-refractivity contribution in [3.63, 3.8) is 0 Å². The van der Waals surface area contributed by atoms with Crippen LogP contribution in [0.1, 0.15) is 20.3 Å². The van der Waals surface area contributed by atoms with Gasteiger partial charge < -0.3 is 15.0 Å². The smallest absolute Gasteiger partial charge is 0.227 e. The van der Waals surface area contributed by atoms with Gasteiger partial charge in [-0.05, 0) is 18.1 Å². The summed E-state index contributed by atoms with van der Waals surface area (Å²) in [5.41, 5.74) is 1.30. The van der Waals surface area contributed by atoms with E-state index in [1.54, 1.807) is 23.1 Å². The highest BCUT2D eigenvalue weighted by molar-refractivity contribution is 8.13. The molecular weight excluding hydrogens is 316 g/mol. The fourth-order valence-corrected chi connectivity index (χ4v) is 3.21. The molecule has 124 valence electrons. The Morgan fingerprint density at radius 2 is 2.13 bits per heavy atom. The van der Waals surface area contributed by atoms with Crippen LogP contribution in [0.15, 0.2) is 18.2 Å². The van der Waals surface area contributed by atoms with Gasteiger partial charge in [0.25, 0.3) is 0 Å². The number of hydrogen-bond donors (Lipinski definition) is 1. The first-order valence-electron chi connectivity index (χ1n) is 7.30. The number of carbonyl (C=O) groups excluding carboxylic acids is 3. The second-order valence-corrected chi connectivity index (χ2v) is 6.64. The fraction of sp³-hybridized carbons (Fsp3) is 0.438. The van der Waals surface area contributed by atoms with Gasteiger partial charge in [0.2, 0.25) is 11.8 Å². The molecule has 1 aromatic carbocycles. The minimum atomic E-state index is -0.186. The van der Waals surface area contributed by atoms with Gasteiger partial charge in [0, 0.05) is 44.3 Å². The predicted molar refractivity (Wildman–Crippen MR) is 90.9 cm³/mol. The molecule has 1 saturated heterocycles. The van der Waals surface area contributed by atoms with Crippen molar-refractivity contribution < 1.29 is 19.1 Å². The molecule has 0 spiro atoms. The number of anilines is 2. The molecule has 1 fully saturated rings. The highest BCUT2D eigenvalue weighted by Crippen LogP contribution is 2.33. The van der Waals surface area contributed by atoms with Gasteiger partial charge in [-0.3, -0.25) is 14.4 Å². The molecule has 1 heterocycles. The molecule has 1 aliphatic heterocycles. The van der Waals surface area contributed by atoms with Crippen molar-refractivity contribution in [1.29, 1.82) is 0 Å². The SMILES string of the molecule is COc1cc(N2CC(CSC(C)=O)CC2=O)ccc1NC(C)=O. The van der Waals surface area contributed by atoms with Crippen LogP contribution in [0.3, 0.4) is 0 Å². The first-order valence-corrected chi connectivity index (χ1v) is 8.28. The molecular formula is C16H20N2O4S. The molecule has 1 unspecified atom stereocenters. The van der Waals surface area contributed by atoms with Crippen LogP contribution in [-0.2, 0) is 14.4 Å². The van der Waals surface area contributed by atoms with Gasteiger partial charge in [0.1, 0.15) is 5.75 Å². The molecule has 6 nitrogen and oxygen atoms in total. The highest BCUT2D eigenvalue weighted by atomic mass is 32.2. The van der Waals surface area contributed by atoms with Crippen molar-refractivity contribution in [3.05, 3.63) is 18.2 Å². The van der Waals surface area contributed by atoms with Gasteiger partial charge in [-0.25, -0.2) is 0 Å². The summed E-state index contributed by atoms with van der Waals surface area (Å²) in [4.78, 5) is 36.2. The molecule has 0 radical (unpaired) electrons. The van der Waals surface area contributed by atoms with Gasteiger partial charge in [0.15, 0.2) is 5.12 Å². The monoisotopic (exact) mass is 336 g/mol. The van der Waals surface area contributed by atoms with Crippen molar-refractivity contribution in [1.82, 2.24) is 0 Å². The first kappa shape index (κ1) is 17.3. The van der Waals surface area contributed by atoms with E-state index in [2.05, 4.69) is 5.32 Å². The number of thioether (sulfide) groups is 1. The van der Waals surface area contributed by atoms with Crippen molar-refractivity contribution in [2.24, 2.45) is 5.92 Å². The average Bonchev–Trinajstić information content (AvgIpc) is 2.86. The van der Waals surface area contributed by atoms with E-state index in [1.165, 1.54) is 32.7 Å². The number of hydrogen-bond acceptors (Lipinski definition) is 5. The second kappa shape index (κ2) is 7.50. The number of rotatable bonds is 5. The van der Waals surface area contributed by atoms with E-state index >= 15 is 0 Å². The van der Waals surface area contributed by atoms with Gasteiger partial charge in [0.05, 0.1) is 12.8 Å². The average molecular weight is 336 g/mol. The number of methoxy groups -OCH3 is 1. The van der Waals surface area contributed by atoms with Crippen LogP contribution in [0.5, 0.6) is 5.75 Å². The van der Waals surface area contributed by atoms with Crippen LogP contribution in [0.2, 0.25) is 0 Å². The fourth-order valence-electron chi connectivity index (χ4n) is 2.52. The lowest BCUT2D eigenvalue weighted by molar-refractivity contribution is -0.117. The number of ether oxygens (including phenoxy) is 1. The molecule has 0 bridgehead atoms. The number of benzene rings is 1. The Labute approximate surface area is 139 Å². The van der Waals surface area contributed by atoms with Crippen LogP contribution in [0, 0.1) is 5.92 Å². The van der Waals surface area contributed by atoms with Gasteiger partial charge in [-0.1, -0.05) is 11.8 Å². The van der Waals surface area contributed by atoms with Crippen molar-refractivity contribution in [2.45, 2.75) is 20.3 Å². The van der Waals surface area contributed by atoms with Crippen molar-refractivity contribution >= 4 is 40.1 Å². The summed E-state index contributed by atoms with van der Waals surface area (Å²) in [6.07, 6.45) is 0.441. The summed E-state index contributed by atoms with van der Waals surface area (Å²) >= 11 is 1.25. The standard InChI is InChI=1S/C16H20N2O4S/c1-10(19)17-14-5-4-13(7-15(14)22-3)18-8-12(6-16(18)21)9-23-11(2)20/h4-5,7,12H,6,8-9H2,1-3H3,(H,17,19). The Bertz CT molecular complexity index is 633. The van der Waals surface area contributed by atoms with E-state index < -0.39 is 0 Å². The first-order chi connectivity index (χ1) is 10.9. The Kier molecular flexibility index (Phi) is 5.65. The lowest BCUT2D eigenvalue weighted by Crippen LogP contribution is -2.24. The second-order valence-electron chi connectivity index (χ2n) is 5.44. The van der Waals surface area contributed by atoms with E-state index in [-0.39, 0.29) is 22.8 Å². The normalized spacial score (nSPS) is 17.3. The van der Waals surface area contributed by atoms with Crippen LogP contribution < -0.4 is 15.0 Å². The minimum absolute atomic E-state index is 0.0356. The molecule has 1 aliphatic rings. The lowest BCUT2D eigenvalue weighted by Gasteiger charge is -2.19. The third kappa shape index (κ3) is 4.48. The molecule has 2 amide bonds. The number of carbonyl (C=O) groups is 3. The maximum absolute atomic E-state index is 12.2. The molecule has 0 saturated carbocycles. The van der Waals surface area contributed by atoms with Gasteiger partial charge in [-0.2, -0.15) is 0 Å². The summed E-state index contributed by atoms with van der Waals surface area (Å²) < 4.78 is 5.29. The molecule has 0 aromatic heterocycles. The Morgan fingerprint density at radius 3 is 2.74 bits per heavy atom. The molecule has 23 heavy (non-hydrogen) atoms. The van der Waals surface area contributed by atoms with Crippen LogP contribution in [-0.4, -0.2) is 36.3 Å². The predicted octanol–water partition coefficient (Wildman–Crippen LogP) is 2.29. The topological polar surface area (TPSA) is 75.7 Å². The number of nitrogens with zero attached hydrogens (tertiary/aromatic N) is 1. The Morgan fingerprint density at radius 1 is 1.39 bits per heavy atom. The largest absolute Gasteiger partial charge is 0.494 e. The molecule has 1 N–H and O–H groups in total. The number of nitrogens with one attached hydrogen (secondary N) is 1. The summed E-state index contributed by atoms with van der Waals surface area (Å²) in [5.74, 6) is 1.17. The van der Waals surface area contributed by atoms with E-state index in [4.69, 9.17) is 4.74 Å². The lowest BCUT2D eigenvalue weighted by atomic mass is 10.1. The highest BCUT2D eigenvalue weighted by Gasteiger charge is 2.31. The minimum Gasteiger partial charge on any atom is -0.494 e. The van der Waals surface area contributed by atoms with Crippen LogP contribution in [0.25, 0.3) is 0 Å². The molecule has 0 aliphatic carbocycles. The van der Waals surface area contributed by atoms with E-state index in [1.807, 2.05) is 0 Å². The molecule has 2 rings (SSSR count). The van der Waals surface area contributed by atoms with E-state index in [9.17, 15) is 14.4 Å². The maximum atomic E-state index is 12.2. The maximum Gasteiger partial charge on any atom is 0.227 e. The zero-order valence-corrected chi connectivity index (χ0v) is 14.2. The van der Waals surface area contributed by atoms with Crippen LogP contribution >= 0.6 is 11.8 Å². The third-order valence-corrected chi connectivity index (χ3v) is 4.58. The van der Waals surface area contributed by atoms with Crippen molar-refractivity contribution in [2.75, 3.05) is 29.6 Å². The summed E-state index contributed by atoms with van der Waals surface area (Å²) in [6.45, 7) is 3.54. The summed E-state index contributed by atoms with van der Waals surface area (Å²) in [5, 5.41) is 2.75. The van der Waals surface area contributed by atoms with E-state index in [0.29, 0.717) is 30.2 Å². The van der Waals surface area contributed by atoms with Gasteiger partial charge >= 0.3 is 0 Å². The van der Waals surface area contributed by atoms with Crippen LogP contribution in [0.4, 0.5) is 11.4 Å². The number of amides is 2. The summed E-state index contributed by atoms with van der Waals surface area (Å²) in [7, 11) is 1.52. The van der Waals surface area contributed by atoms with Gasteiger partial charge in [-0.15, -0.1) is 0 Å². The zero-order valence-electron chi connectivity index (χ0n) is 13.4. The molecule has 1 aromatic rings.